The largest absolute Gasteiger partial charge is 0.481 e. The molecule has 1 saturated carbocycles. The van der Waals surface area contributed by atoms with Crippen LogP contribution < -0.4 is 5.73 Å². The van der Waals surface area contributed by atoms with Crippen molar-refractivity contribution in [1.82, 2.24) is 14.7 Å². The number of carbonyl (C=O) groups is 3. The minimum atomic E-state index is -0.783. The van der Waals surface area contributed by atoms with E-state index in [1.165, 1.54) is 5.56 Å². The summed E-state index contributed by atoms with van der Waals surface area (Å²) in [5.41, 5.74) is 7.44. The van der Waals surface area contributed by atoms with Crippen LogP contribution in [0.4, 0.5) is 4.79 Å². The molecule has 2 heterocycles. The first-order valence-electron chi connectivity index (χ1n) is 12.9. The standard InChI is InChI=1S/C26H37N5O5.ClH/c27-24(28)20-3-1-18(2-4-20)19-9-11-30(12-10-19)26(35)31(17-23(32)29-13-15-36-16-14-29)22-7-5-21(6-8-22)25(33)34;/h1-4,19,21-22H,5-17H2,(H3,27,28)(H,33,34);1H. The van der Waals surface area contributed by atoms with E-state index in [1.54, 1.807) is 9.80 Å². The summed E-state index contributed by atoms with van der Waals surface area (Å²) < 4.78 is 5.36. The molecule has 3 aliphatic rings. The number of piperidine rings is 1. The van der Waals surface area contributed by atoms with E-state index in [0.717, 1.165) is 12.8 Å². The van der Waals surface area contributed by atoms with Crippen molar-refractivity contribution in [2.24, 2.45) is 11.7 Å². The van der Waals surface area contributed by atoms with Crippen molar-refractivity contribution in [3.63, 3.8) is 0 Å². The second-order valence-electron chi connectivity index (χ2n) is 10.0. The van der Waals surface area contributed by atoms with Gasteiger partial charge in [0.25, 0.3) is 0 Å². The summed E-state index contributed by atoms with van der Waals surface area (Å²) >= 11 is 0. The lowest BCUT2D eigenvalue weighted by Crippen LogP contribution is -2.55. The number of hydrogen-bond acceptors (Lipinski definition) is 5. The predicted octanol–water partition coefficient (Wildman–Crippen LogP) is 2.50. The summed E-state index contributed by atoms with van der Waals surface area (Å²) in [4.78, 5) is 43.5. The molecule has 0 spiro atoms. The Bertz CT molecular complexity index is 953. The summed E-state index contributed by atoms with van der Waals surface area (Å²) in [5.74, 6) is -0.865. The molecular formula is C26H38ClN5O5. The molecule has 3 fully saturated rings. The first kappa shape index (κ1) is 28.7. The van der Waals surface area contributed by atoms with Crippen LogP contribution in [0.1, 0.15) is 55.6 Å². The second kappa shape index (κ2) is 13.1. The maximum absolute atomic E-state index is 13.7. The fraction of sp³-hybridized carbons (Fsp3) is 0.615. The van der Waals surface area contributed by atoms with Crippen molar-refractivity contribution in [3.05, 3.63) is 35.4 Å². The van der Waals surface area contributed by atoms with Gasteiger partial charge in [0.15, 0.2) is 0 Å². The van der Waals surface area contributed by atoms with E-state index < -0.39 is 5.97 Å². The number of rotatable bonds is 6. The summed E-state index contributed by atoms with van der Waals surface area (Å²) in [7, 11) is 0. The monoisotopic (exact) mass is 535 g/mol. The number of carbonyl (C=O) groups excluding carboxylic acids is 2. The number of hydrogen-bond donors (Lipinski definition) is 3. The number of morpholine rings is 1. The van der Waals surface area contributed by atoms with Crippen molar-refractivity contribution in [2.75, 3.05) is 45.9 Å². The summed E-state index contributed by atoms with van der Waals surface area (Å²) in [5, 5.41) is 16.9. The van der Waals surface area contributed by atoms with Crippen LogP contribution in [0.2, 0.25) is 0 Å². The molecule has 1 aromatic carbocycles. The maximum atomic E-state index is 13.7. The number of likely N-dealkylation sites (tertiary alicyclic amines) is 1. The molecule has 37 heavy (non-hydrogen) atoms. The molecule has 2 aliphatic heterocycles. The number of amides is 3. The number of halogens is 1. The average molecular weight is 536 g/mol. The molecule has 0 bridgehead atoms. The number of urea groups is 1. The van der Waals surface area contributed by atoms with Gasteiger partial charge < -0.3 is 30.3 Å². The molecule has 204 valence electrons. The maximum Gasteiger partial charge on any atom is 0.320 e. The zero-order valence-electron chi connectivity index (χ0n) is 21.1. The predicted molar refractivity (Wildman–Crippen MR) is 141 cm³/mol. The lowest BCUT2D eigenvalue weighted by molar-refractivity contribution is -0.143. The van der Waals surface area contributed by atoms with Gasteiger partial charge in [0.2, 0.25) is 5.91 Å². The Morgan fingerprint density at radius 2 is 1.54 bits per heavy atom. The molecule has 0 aromatic heterocycles. The van der Waals surface area contributed by atoms with Crippen LogP contribution in [0.5, 0.6) is 0 Å². The third-order valence-corrected chi connectivity index (χ3v) is 7.86. The van der Waals surface area contributed by atoms with Gasteiger partial charge in [0.05, 0.1) is 19.1 Å². The van der Waals surface area contributed by atoms with Crippen molar-refractivity contribution in [3.8, 4) is 0 Å². The molecule has 4 N–H and O–H groups in total. The van der Waals surface area contributed by atoms with E-state index >= 15 is 0 Å². The van der Waals surface area contributed by atoms with Crippen LogP contribution in [0, 0.1) is 11.3 Å². The van der Waals surface area contributed by atoms with Crippen LogP contribution in [0.15, 0.2) is 24.3 Å². The van der Waals surface area contributed by atoms with Gasteiger partial charge >= 0.3 is 12.0 Å². The smallest absolute Gasteiger partial charge is 0.320 e. The summed E-state index contributed by atoms with van der Waals surface area (Å²) in [6.07, 6.45) is 3.88. The number of aliphatic carboxylic acids is 1. The average Bonchev–Trinajstić information content (AvgIpc) is 2.92. The van der Waals surface area contributed by atoms with E-state index in [2.05, 4.69) is 0 Å². The highest BCUT2D eigenvalue weighted by Crippen LogP contribution is 2.31. The molecule has 0 unspecified atom stereocenters. The number of nitrogen functional groups attached to an aromatic ring is 1. The molecule has 11 heteroatoms. The lowest BCUT2D eigenvalue weighted by Gasteiger charge is -2.41. The second-order valence-corrected chi connectivity index (χ2v) is 10.0. The Balaban J connectivity index is 0.00000380. The highest BCUT2D eigenvalue weighted by Gasteiger charge is 2.36. The Labute approximate surface area is 224 Å². The number of nitrogens with zero attached hydrogens (tertiary/aromatic N) is 3. The third kappa shape index (κ3) is 7.13. The topological polar surface area (TPSA) is 140 Å². The third-order valence-electron chi connectivity index (χ3n) is 7.86. The van der Waals surface area contributed by atoms with Gasteiger partial charge in [-0.2, -0.15) is 0 Å². The van der Waals surface area contributed by atoms with Gasteiger partial charge in [-0.3, -0.25) is 15.0 Å². The Morgan fingerprint density at radius 3 is 2.08 bits per heavy atom. The molecule has 4 rings (SSSR count). The van der Waals surface area contributed by atoms with E-state index in [9.17, 15) is 19.5 Å². The van der Waals surface area contributed by atoms with Gasteiger partial charge in [-0.15, -0.1) is 12.4 Å². The van der Waals surface area contributed by atoms with E-state index in [0.29, 0.717) is 76.6 Å². The van der Waals surface area contributed by atoms with Crippen LogP contribution in [-0.4, -0.2) is 95.5 Å². The van der Waals surface area contributed by atoms with Crippen LogP contribution in [-0.2, 0) is 14.3 Å². The van der Waals surface area contributed by atoms with Crippen molar-refractivity contribution >= 4 is 36.2 Å². The fourth-order valence-corrected chi connectivity index (χ4v) is 5.57. The van der Waals surface area contributed by atoms with Crippen LogP contribution in [0.3, 0.4) is 0 Å². The Hall–Kier alpha value is -2.85. The quantitative estimate of drug-likeness (QED) is 0.377. The van der Waals surface area contributed by atoms with Gasteiger partial charge in [0, 0.05) is 37.8 Å². The molecular weight excluding hydrogens is 498 g/mol. The van der Waals surface area contributed by atoms with E-state index in [-0.39, 0.29) is 48.7 Å². The fourth-order valence-electron chi connectivity index (χ4n) is 5.57. The van der Waals surface area contributed by atoms with Gasteiger partial charge in [0.1, 0.15) is 12.4 Å². The number of nitrogens with two attached hydrogens (primary N) is 1. The normalized spacial score (nSPS) is 22.6. The Morgan fingerprint density at radius 1 is 0.946 bits per heavy atom. The van der Waals surface area contributed by atoms with Gasteiger partial charge in [-0.25, -0.2) is 4.79 Å². The first-order valence-corrected chi connectivity index (χ1v) is 12.9. The molecule has 1 aromatic rings. The van der Waals surface area contributed by atoms with E-state index in [1.807, 2.05) is 29.2 Å². The SMILES string of the molecule is Cl.N=C(N)c1ccc(C2CCN(C(=O)N(CC(=O)N3CCOCC3)C3CCC(C(=O)O)CC3)CC2)cc1. The van der Waals surface area contributed by atoms with Crippen molar-refractivity contribution < 1.29 is 24.2 Å². The van der Waals surface area contributed by atoms with Crippen molar-refractivity contribution in [2.45, 2.75) is 50.5 Å². The van der Waals surface area contributed by atoms with Gasteiger partial charge in [-0.05, 0) is 50.0 Å². The van der Waals surface area contributed by atoms with E-state index in [4.69, 9.17) is 15.9 Å². The number of carboxylic acid groups (broad SMARTS) is 1. The minimum absolute atomic E-state index is 0. The number of carboxylic acids is 1. The van der Waals surface area contributed by atoms with Gasteiger partial charge in [-0.1, -0.05) is 24.3 Å². The zero-order valence-corrected chi connectivity index (χ0v) is 22.0. The lowest BCUT2D eigenvalue weighted by atomic mass is 9.85. The minimum Gasteiger partial charge on any atom is -0.481 e. The molecule has 0 atom stereocenters. The van der Waals surface area contributed by atoms with Crippen LogP contribution >= 0.6 is 12.4 Å². The number of benzene rings is 1. The first-order chi connectivity index (χ1) is 17.3. The van der Waals surface area contributed by atoms with Crippen molar-refractivity contribution in [1.29, 1.82) is 5.41 Å². The highest BCUT2D eigenvalue weighted by atomic mass is 35.5. The van der Waals surface area contributed by atoms with Crippen LogP contribution in [0.25, 0.3) is 0 Å². The highest BCUT2D eigenvalue weighted by molar-refractivity contribution is 5.94. The Kier molecular flexibility index (Phi) is 10.2. The number of ether oxygens (including phenoxy) is 1. The molecule has 3 amide bonds. The summed E-state index contributed by atoms with van der Waals surface area (Å²) in [6.45, 7) is 3.29. The molecule has 0 radical (unpaired) electrons. The zero-order chi connectivity index (χ0) is 25.7. The molecule has 10 nitrogen and oxygen atoms in total. The molecule has 1 aliphatic carbocycles. The number of amidine groups is 1. The summed E-state index contributed by atoms with van der Waals surface area (Å²) in [6, 6.07) is 7.49. The molecule has 2 saturated heterocycles. The number of nitrogens with one attached hydrogen (secondary N) is 1.